The van der Waals surface area contributed by atoms with Crippen LogP contribution in [-0.4, -0.2) is 29.0 Å². The number of non-ortho nitro benzene ring substituents is 1. The second kappa shape index (κ2) is 6.52. The van der Waals surface area contributed by atoms with Crippen molar-refractivity contribution in [2.75, 3.05) is 13.1 Å². The summed E-state index contributed by atoms with van der Waals surface area (Å²) >= 11 is 0. The molecule has 0 bridgehead atoms. The van der Waals surface area contributed by atoms with E-state index >= 15 is 0 Å². The molecule has 1 unspecified atom stereocenters. The van der Waals surface area contributed by atoms with E-state index in [4.69, 9.17) is 5.73 Å². The van der Waals surface area contributed by atoms with Crippen molar-refractivity contribution in [3.8, 4) is 0 Å². The largest absolute Gasteiger partial charge is 0.327 e. The summed E-state index contributed by atoms with van der Waals surface area (Å²) in [7, 11) is 0. The molecule has 0 aliphatic carbocycles. The number of benzene rings is 1. The molecule has 1 aromatic rings. The Morgan fingerprint density at radius 2 is 2.00 bits per heavy atom. The number of halogens is 1. The fraction of sp³-hybridized carbons (Fsp3) is 0.571. The van der Waals surface area contributed by atoms with Gasteiger partial charge in [0.05, 0.1) is 4.92 Å². The summed E-state index contributed by atoms with van der Waals surface area (Å²) in [4.78, 5) is 12.6. The molecule has 1 fully saturated rings. The maximum Gasteiger partial charge on any atom is 0.269 e. The molecule has 1 atom stereocenters. The Balaban J connectivity index is 0.00000200. The number of rotatable bonds is 3. The van der Waals surface area contributed by atoms with Crippen molar-refractivity contribution in [1.82, 2.24) is 4.90 Å². The van der Waals surface area contributed by atoms with Gasteiger partial charge in [0.15, 0.2) is 0 Å². The van der Waals surface area contributed by atoms with Gasteiger partial charge in [-0.3, -0.25) is 15.0 Å². The monoisotopic (exact) mass is 299 g/mol. The van der Waals surface area contributed by atoms with Crippen LogP contribution in [0.4, 0.5) is 5.69 Å². The molecular formula is C14H22ClN3O2. The van der Waals surface area contributed by atoms with Crippen LogP contribution in [-0.2, 0) is 6.54 Å². The van der Waals surface area contributed by atoms with E-state index in [1.807, 2.05) is 12.1 Å². The zero-order valence-corrected chi connectivity index (χ0v) is 12.7. The Hall–Kier alpha value is -1.17. The predicted molar refractivity (Wildman–Crippen MR) is 82.0 cm³/mol. The second-order valence-corrected chi connectivity index (χ2v) is 6.02. The number of hydrogen-bond donors (Lipinski definition) is 1. The first-order chi connectivity index (χ1) is 8.88. The summed E-state index contributed by atoms with van der Waals surface area (Å²) in [5.74, 6) is 0. The van der Waals surface area contributed by atoms with Crippen molar-refractivity contribution in [1.29, 1.82) is 0 Å². The van der Waals surface area contributed by atoms with Gasteiger partial charge in [-0.1, -0.05) is 26.0 Å². The van der Waals surface area contributed by atoms with E-state index in [1.54, 1.807) is 12.1 Å². The molecular weight excluding hydrogens is 278 g/mol. The Morgan fingerprint density at radius 3 is 2.50 bits per heavy atom. The van der Waals surface area contributed by atoms with Crippen LogP contribution in [0.3, 0.4) is 0 Å². The van der Waals surface area contributed by atoms with E-state index < -0.39 is 0 Å². The standard InChI is InChI=1S/C14H21N3O2.ClH/c1-14(2)10-16(8-7-13(14)15)9-11-3-5-12(6-4-11)17(18)19;/h3-6,13H,7-10,15H2,1-2H3;1H. The molecule has 0 amide bonds. The molecule has 2 N–H and O–H groups in total. The molecule has 20 heavy (non-hydrogen) atoms. The number of nitro groups is 1. The molecule has 1 saturated heterocycles. The minimum Gasteiger partial charge on any atom is -0.327 e. The molecule has 1 heterocycles. The third kappa shape index (κ3) is 3.91. The second-order valence-electron chi connectivity index (χ2n) is 6.02. The lowest BCUT2D eigenvalue weighted by Gasteiger charge is -2.42. The van der Waals surface area contributed by atoms with Gasteiger partial charge in [0, 0.05) is 37.8 Å². The number of likely N-dealkylation sites (tertiary alicyclic amines) is 1. The molecule has 0 spiro atoms. The number of nitrogens with zero attached hydrogens (tertiary/aromatic N) is 2. The maximum absolute atomic E-state index is 10.6. The molecule has 0 aromatic heterocycles. The molecule has 1 aliphatic heterocycles. The molecule has 1 aromatic carbocycles. The highest BCUT2D eigenvalue weighted by atomic mass is 35.5. The average molecular weight is 300 g/mol. The number of piperidine rings is 1. The third-order valence-electron chi connectivity index (χ3n) is 3.94. The summed E-state index contributed by atoms with van der Waals surface area (Å²) in [5, 5.41) is 10.6. The predicted octanol–water partition coefficient (Wildman–Crippen LogP) is 2.58. The van der Waals surface area contributed by atoms with Gasteiger partial charge in [-0.05, 0) is 17.4 Å². The lowest BCUT2D eigenvalue weighted by Crippen LogP contribution is -2.52. The Bertz CT molecular complexity index is 462. The van der Waals surface area contributed by atoms with E-state index in [1.165, 1.54) is 0 Å². The van der Waals surface area contributed by atoms with Gasteiger partial charge in [0.1, 0.15) is 0 Å². The molecule has 2 rings (SSSR count). The average Bonchev–Trinajstić information content (AvgIpc) is 2.34. The topological polar surface area (TPSA) is 72.4 Å². The molecule has 5 nitrogen and oxygen atoms in total. The van der Waals surface area contributed by atoms with Crippen LogP contribution in [0.1, 0.15) is 25.8 Å². The van der Waals surface area contributed by atoms with Gasteiger partial charge in [0.2, 0.25) is 0 Å². The number of nitro benzene ring substituents is 1. The number of hydrogen-bond acceptors (Lipinski definition) is 4. The number of nitrogens with two attached hydrogens (primary N) is 1. The van der Waals surface area contributed by atoms with E-state index in [-0.39, 0.29) is 34.5 Å². The Morgan fingerprint density at radius 1 is 1.40 bits per heavy atom. The minimum absolute atomic E-state index is 0. The molecule has 112 valence electrons. The normalized spacial score (nSPS) is 22.1. The summed E-state index contributed by atoms with van der Waals surface area (Å²) in [6.07, 6.45) is 1.000. The van der Waals surface area contributed by atoms with Crippen molar-refractivity contribution >= 4 is 18.1 Å². The van der Waals surface area contributed by atoms with Crippen LogP contribution in [0.5, 0.6) is 0 Å². The van der Waals surface area contributed by atoms with Gasteiger partial charge in [-0.15, -0.1) is 12.4 Å². The van der Waals surface area contributed by atoms with Crippen LogP contribution < -0.4 is 5.73 Å². The lowest BCUT2D eigenvalue weighted by atomic mass is 9.79. The van der Waals surface area contributed by atoms with Crippen LogP contribution in [0.2, 0.25) is 0 Å². The molecule has 0 radical (unpaired) electrons. The minimum atomic E-state index is -0.368. The smallest absolute Gasteiger partial charge is 0.269 e. The van der Waals surface area contributed by atoms with Gasteiger partial charge in [0.25, 0.3) is 5.69 Å². The summed E-state index contributed by atoms with van der Waals surface area (Å²) in [6, 6.07) is 7.05. The van der Waals surface area contributed by atoms with Crippen LogP contribution in [0.25, 0.3) is 0 Å². The van der Waals surface area contributed by atoms with Crippen molar-refractivity contribution in [3.63, 3.8) is 0 Å². The SMILES string of the molecule is CC1(C)CN(Cc2ccc([N+](=O)[O-])cc2)CCC1N.Cl. The van der Waals surface area contributed by atoms with E-state index in [0.29, 0.717) is 0 Å². The molecule has 6 heteroatoms. The van der Waals surface area contributed by atoms with Gasteiger partial charge in [-0.25, -0.2) is 0 Å². The zero-order chi connectivity index (χ0) is 14.0. The van der Waals surface area contributed by atoms with Crippen LogP contribution in [0, 0.1) is 15.5 Å². The fourth-order valence-electron chi connectivity index (χ4n) is 2.60. The Labute approximate surface area is 125 Å². The summed E-state index contributed by atoms with van der Waals surface area (Å²) in [5.41, 5.74) is 7.50. The molecule has 1 aliphatic rings. The fourth-order valence-corrected chi connectivity index (χ4v) is 2.60. The quantitative estimate of drug-likeness (QED) is 0.688. The Kier molecular flexibility index (Phi) is 5.50. The van der Waals surface area contributed by atoms with Crippen molar-refractivity contribution in [2.45, 2.75) is 32.9 Å². The van der Waals surface area contributed by atoms with Gasteiger partial charge in [-0.2, -0.15) is 0 Å². The van der Waals surface area contributed by atoms with Crippen molar-refractivity contribution in [3.05, 3.63) is 39.9 Å². The lowest BCUT2D eigenvalue weighted by molar-refractivity contribution is -0.384. The van der Waals surface area contributed by atoms with Crippen LogP contribution >= 0.6 is 12.4 Å². The van der Waals surface area contributed by atoms with Gasteiger partial charge < -0.3 is 5.73 Å². The first-order valence-corrected chi connectivity index (χ1v) is 6.60. The summed E-state index contributed by atoms with van der Waals surface area (Å²) in [6.45, 7) is 7.17. The van der Waals surface area contributed by atoms with Crippen molar-refractivity contribution < 1.29 is 4.92 Å². The highest BCUT2D eigenvalue weighted by Gasteiger charge is 2.33. The third-order valence-corrected chi connectivity index (χ3v) is 3.94. The van der Waals surface area contributed by atoms with E-state index in [0.717, 1.165) is 31.6 Å². The first kappa shape index (κ1) is 16.9. The highest BCUT2D eigenvalue weighted by Crippen LogP contribution is 2.28. The molecule has 0 saturated carbocycles. The summed E-state index contributed by atoms with van der Waals surface area (Å²) < 4.78 is 0. The van der Waals surface area contributed by atoms with Gasteiger partial charge >= 0.3 is 0 Å². The highest BCUT2D eigenvalue weighted by molar-refractivity contribution is 5.85. The van der Waals surface area contributed by atoms with E-state index in [9.17, 15) is 10.1 Å². The maximum atomic E-state index is 10.6. The van der Waals surface area contributed by atoms with Crippen molar-refractivity contribution in [2.24, 2.45) is 11.1 Å². The van der Waals surface area contributed by atoms with Crippen LogP contribution in [0.15, 0.2) is 24.3 Å². The first-order valence-electron chi connectivity index (χ1n) is 6.60. The zero-order valence-electron chi connectivity index (χ0n) is 11.9. The van der Waals surface area contributed by atoms with E-state index in [2.05, 4.69) is 18.7 Å².